The fourth-order valence-corrected chi connectivity index (χ4v) is 6.10. The third kappa shape index (κ3) is 1.73. The van der Waals surface area contributed by atoms with Gasteiger partial charge >= 0.3 is 0 Å². The van der Waals surface area contributed by atoms with Crippen molar-refractivity contribution in [2.45, 2.75) is 58.2 Å². The molecule has 0 radical (unpaired) electrons. The van der Waals surface area contributed by atoms with E-state index in [2.05, 4.69) is 26.0 Å². The first-order valence-electron chi connectivity index (χ1n) is 8.65. The molecule has 4 aliphatic rings. The van der Waals surface area contributed by atoms with Gasteiger partial charge < -0.3 is 10.2 Å². The van der Waals surface area contributed by atoms with E-state index in [0.717, 1.165) is 24.8 Å². The van der Waals surface area contributed by atoms with E-state index in [4.69, 9.17) is 0 Å². The Morgan fingerprint density at radius 1 is 1.23 bits per heavy atom. The SMILES string of the molecule is C[C@]12C[C@@H](O)[C@H]3[C@@H](C=CC4=CC(=O)CC[C@@]43C)[C@@H]1CC[C@@H]2O. The highest BCUT2D eigenvalue weighted by molar-refractivity contribution is 5.92. The summed E-state index contributed by atoms with van der Waals surface area (Å²) in [6.45, 7) is 4.38. The maximum Gasteiger partial charge on any atom is 0.156 e. The number of fused-ring (bicyclic) bond motifs is 5. The average molecular weight is 302 g/mol. The molecule has 3 heteroatoms. The molecule has 0 amide bonds. The predicted octanol–water partition coefficient (Wildman–Crippen LogP) is 2.63. The highest BCUT2D eigenvalue weighted by Crippen LogP contribution is 2.63. The lowest BCUT2D eigenvalue weighted by molar-refractivity contribution is -0.125. The van der Waals surface area contributed by atoms with E-state index in [1.807, 2.05) is 0 Å². The Bertz CT molecular complexity index is 577. The van der Waals surface area contributed by atoms with Crippen molar-refractivity contribution in [1.29, 1.82) is 0 Å². The van der Waals surface area contributed by atoms with Crippen LogP contribution in [0.3, 0.4) is 0 Å². The van der Waals surface area contributed by atoms with Gasteiger partial charge in [0.15, 0.2) is 5.78 Å². The molecule has 4 rings (SSSR count). The number of rotatable bonds is 0. The van der Waals surface area contributed by atoms with E-state index >= 15 is 0 Å². The quantitative estimate of drug-likeness (QED) is 0.723. The summed E-state index contributed by atoms with van der Waals surface area (Å²) in [5, 5.41) is 21.4. The largest absolute Gasteiger partial charge is 0.393 e. The molecule has 0 heterocycles. The Balaban J connectivity index is 1.80. The van der Waals surface area contributed by atoms with Crippen LogP contribution in [0, 0.1) is 28.6 Å². The number of hydrogen-bond acceptors (Lipinski definition) is 3. The second-order valence-corrected chi connectivity index (χ2v) is 8.42. The molecule has 2 saturated carbocycles. The number of aliphatic hydroxyl groups is 2. The molecule has 0 aromatic rings. The molecule has 22 heavy (non-hydrogen) atoms. The van der Waals surface area contributed by atoms with Crippen molar-refractivity contribution in [3.8, 4) is 0 Å². The summed E-state index contributed by atoms with van der Waals surface area (Å²) in [6, 6.07) is 0. The minimum Gasteiger partial charge on any atom is -0.393 e. The minimum absolute atomic E-state index is 0.0956. The number of allylic oxidation sites excluding steroid dienone is 4. The molecule has 0 aromatic heterocycles. The number of carbonyl (C=O) groups excluding carboxylic acids is 1. The van der Waals surface area contributed by atoms with Crippen molar-refractivity contribution < 1.29 is 15.0 Å². The van der Waals surface area contributed by atoms with Crippen LogP contribution in [0.15, 0.2) is 23.8 Å². The lowest BCUT2D eigenvalue weighted by Gasteiger charge is -2.57. The molecule has 2 N–H and O–H groups in total. The van der Waals surface area contributed by atoms with Crippen LogP contribution in [0.1, 0.15) is 46.0 Å². The van der Waals surface area contributed by atoms with Gasteiger partial charge in [-0.1, -0.05) is 26.0 Å². The fraction of sp³-hybridized carbons (Fsp3) is 0.737. The normalized spacial score (nSPS) is 53.5. The fourth-order valence-electron chi connectivity index (χ4n) is 6.10. The standard InChI is InChI=1S/C19H26O3/c1-18-8-7-12(20)9-11(18)3-4-13-14-5-6-16(22)19(14,2)10-15(21)17(13)18/h3-4,9,13-17,21-22H,5-8,10H2,1-2H3/t13-,14-,15+,16-,17+,18-,19-/m0/s1. The van der Waals surface area contributed by atoms with Gasteiger partial charge in [0.25, 0.3) is 0 Å². The Labute approximate surface area is 132 Å². The lowest BCUT2D eigenvalue weighted by Crippen LogP contribution is -2.56. The van der Waals surface area contributed by atoms with Gasteiger partial charge in [0.2, 0.25) is 0 Å². The molecule has 0 saturated heterocycles. The van der Waals surface area contributed by atoms with Crippen LogP contribution in [-0.4, -0.2) is 28.2 Å². The van der Waals surface area contributed by atoms with Crippen LogP contribution in [0.2, 0.25) is 0 Å². The van der Waals surface area contributed by atoms with E-state index in [1.165, 1.54) is 0 Å². The summed E-state index contributed by atoms with van der Waals surface area (Å²) in [5.74, 6) is 1.16. The van der Waals surface area contributed by atoms with Crippen molar-refractivity contribution in [3.05, 3.63) is 23.8 Å². The third-order valence-electron chi connectivity index (χ3n) is 7.40. The van der Waals surface area contributed by atoms with E-state index < -0.39 is 6.10 Å². The van der Waals surface area contributed by atoms with Crippen molar-refractivity contribution in [2.24, 2.45) is 28.6 Å². The molecule has 0 aromatic carbocycles. The van der Waals surface area contributed by atoms with Crippen LogP contribution >= 0.6 is 0 Å². The van der Waals surface area contributed by atoms with E-state index in [-0.39, 0.29) is 28.6 Å². The molecular formula is C19H26O3. The lowest BCUT2D eigenvalue weighted by atomic mass is 9.48. The zero-order valence-electron chi connectivity index (χ0n) is 13.5. The molecule has 0 spiro atoms. The molecular weight excluding hydrogens is 276 g/mol. The Morgan fingerprint density at radius 2 is 2.00 bits per heavy atom. The van der Waals surface area contributed by atoms with E-state index in [9.17, 15) is 15.0 Å². The first kappa shape index (κ1) is 14.6. The van der Waals surface area contributed by atoms with E-state index in [0.29, 0.717) is 24.7 Å². The van der Waals surface area contributed by atoms with Crippen molar-refractivity contribution in [2.75, 3.05) is 0 Å². The molecule has 3 nitrogen and oxygen atoms in total. The van der Waals surface area contributed by atoms with Gasteiger partial charge in [-0.3, -0.25) is 4.79 Å². The van der Waals surface area contributed by atoms with Gasteiger partial charge in [0.1, 0.15) is 0 Å². The highest BCUT2D eigenvalue weighted by atomic mass is 16.3. The Morgan fingerprint density at radius 3 is 2.77 bits per heavy atom. The molecule has 0 unspecified atom stereocenters. The molecule has 7 atom stereocenters. The number of hydrogen-bond donors (Lipinski definition) is 2. The third-order valence-corrected chi connectivity index (χ3v) is 7.40. The number of aliphatic hydroxyl groups excluding tert-OH is 2. The van der Waals surface area contributed by atoms with Crippen molar-refractivity contribution in [1.82, 2.24) is 0 Å². The van der Waals surface area contributed by atoms with Crippen LogP contribution < -0.4 is 0 Å². The summed E-state index contributed by atoms with van der Waals surface area (Å²) in [7, 11) is 0. The van der Waals surface area contributed by atoms with E-state index in [1.54, 1.807) is 6.08 Å². The summed E-state index contributed by atoms with van der Waals surface area (Å²) in [6.07, 6.45) is 9.46. The predicted molar refractivity (Wildman–Crippen MR) is 84.0 cm³/mol. The number of carbonyl (C=O) groups is 1. The second-order valence-electron chi connectivity index (χ2n) is 8.42. The van der Waals surface area contributed by atoms with Crippen LogP contribution in [0.25, 0.3) is 0 Å². The van der Waals surface area contributed by atoms with Gasteiger partial charge in [0.05, 0.1) is 12.2 Å². The highest BCUT2D eigenvalue weighted by Gasteiger charge is 2.60. The zero-order chi connectivity index (χ0) is 15.7. The molecule has 0 bridgehead atoms. The monoisotopic (exact) mass is 302 g/mol. The van der Waals surface area contributed by atoms with Crippen molar-refractivity contribution >= 4 is 5.78 Å². The molecule has 2 fully saturated rings. The zero-order valence-corrected chi connectivity index (χ0v) is 13.5. The summed E-state index contributed by atoms with van der Waals surface area (Å²) < 4.78 is 0. The van der Waals surface area contributed by atoms with Gasteiger partial charge in [-0.25, -0.2) is 0 Å². The van der Waals surface area contributed by atoms with Crippen molar-refractivity contribution in [3.63, 3.8) is 0 Å². The second kappa shape index (κ2) is 4.55. The van der Waals surface area contributed by atoms with Gasteiger partial charge in [0, 0.05) is 12.3 Å². The van der Waals surface area contributed by atoms with Gasteiger partial charge in [-0.2, -0.15) is 0 Å². The van der Waals surface area contributed by atoms with Gasteiger partial charge in [-0.15, -0.1) is 0 Å². The topological polar surface area (TPSA) is 57.5 Å². The molecule has 4 aliphatic carbocycles. The van der Waals surface area contributed by atoms with Crippen LogP contribution in [0.4, 0.5) is 0 Å². The van der Waals surface area contributed by atoms with Gasteiger partial charge in [-0.05, 0) is 60.0 Å². The first-order valence-corrected chi connectivity index (χ1v) is 8.65. The number of ketones is 1. The molecule has 0 aliphatic heterocycles. The first-order chi connectivity index (χ1) is 10.4. The van der Waals surface area contributed by atoms with Crippen LogP contribution in [-0.2, 0) is 4.79 Å². The van der Waals surface area contributed by atoms with Crippen LogP contribution in [0.5, 0.6) is 0 Å². The minimum atomic E-state index is -0.398. The summed E-state index contributed by atoms with van der Waals surface area (Å²) in [5.41, 5.74) is 0.848. The Kier molecular flexibility index (Phi) is 3.03. The summed E-state index contributed by atoms with van der Waals surface area (Å²) >= 11 is 0. The maximum absolute atomic E-state index is 11.8. The smallest absolute Gasteiger partial charge is 0.156 e. The molecule has 120 valence electrons. The maximum atomic E-state index is 11.8. The average Bonchev–Trinajstić information content (AvgIpc) is 2.75. The Hall–Kier alpha value is -0.930. The summed E-state index contributed by atoms with van der Waals surface area (Å²) in [4.78, 5) is 11.8.